The molecule has 0 fully saturated rings. The molecule has 0 aliphatic heterocycles. The third kappa shape index (κ3) is 2.02. The molecule has 0 aliphatic carbocycles. The fraction of sp³-hybridized carbons (Fsp3) is 0.133. The predicted molar refractivity (Wildman–Crippen MR) is 80.2 cm³/mol. The van der Waals surface area contributed by atoms with Crippen molar-refractivity contribution in [2.45, 2.75) is 13.5 Å². The topological polar surface area (TPSA) is 43.8 Å². The second-order valence-corrected chi connectivity index (χ2v) is 4.99. The summed E-state index contributed by atoms with van der Waals surface area (Å²) in [6.07, 6.45) is 0. The summed E-state index contributed by atoms with van der Waals surface area (Å²) < 4.78 is 16.0. The van der Waals surface area contributed by atoms with Gasteiger partial charge in [0.2, 0.25) is 0 Å². The summed E-state index contributed by atoms with van der Waals surface area (Å²) in [6, 6.07) is 9.94. The highest BCUT2D eigenvalue weighted by Crippen LogP contribution is 2.29. The molecule has 2 aromatic carbocycles. The molecule has 0 bridgehead atoms. The lowest BCUT2D eigenvalue weighted by atomic mass is 10.1. The molecule has 0 saturated heterocycles. The largest absolute Gasteiger partial charge is 0.399 e. The van der Waals surface area contributed by atoms with E-state index >= 15 is 0 Å². The molecule has 3 aromatic rings. The lowest BCUT2D eigenvalue weighted by molar-refractivity contribution is 0.628. The number of benzene rings is 2. The minimum Gasteiger partial charge on any atom is -0.399 e. The first-order chi connectivity index (χ1) is 9.60. The number of nitrogens with two attached hydrogens (primary N) is 1. The maximum absolute atomic E-state index is 14.0. The van der Waals surface area contributed by atoms with Crippen LogP contribution in [0.25, 0.3) is 22.4 Å². The van der Waals surface area contributed by atoms with Crippen LogP contribution >= 0.6 is 11.6 Å². The van der Waals surface area contributed by atoms with Crippen molar-refractivity contribution in [2.24, 2.45) is 0 Å². The SMILES string of the molecule is CCn1c(-c2cc(N)ccc2F)nc2ccc(Cl)cc21. The van der Waals surface area contributed by atoms with Gasteiger partial charge in [-0.2, -0.15) is 0 Å². The van der Waals surface area contributed by atoms with Crippen LogP contribution in [0.1, 0.15) is 6.92 Å². The molecule has 3 rings (SSSR count). The van der Waals surface area contributed by atoms with Crippen molar-refractivity contribution in [3.8, 4) is 11.4 Å². The minimum absolute atomic E-state index is 0.338. The maximum Gasteiger partial charge on any atom is 0.144 e. The number of anilines is 1. The number of hydrogen-bond acceptors (Lipinski definition) is 2. The molecule has 0 amide bonds. The Balaban J connectivity index is 2.33. The van der Waals surface area contributed by atoms with E-state index in [9.17, 15) is 4.39 Å². The Labute approximate surface area is 120 Å². The molecule has 102 valence electrons. The number of halogens is 2. The van der Waals surface area contributed by atoms with Gasteiger partial charge in [0.25, 0.3) is 0 Å². The smallest absolute Gasteiger partial charge is 0.144 e. The number of nitrogen functional groups attached to an aromatic ring is 1. The van der Waals surface area contributed by atoms with Crippen molar-refractivity contribution >= 4 is 28.3 Å². The normalized spacial score (nSPS) is 11.2. The minimum atomic E-state index is -0.338. The van der Waals surface area contributed by atoms with Gasteiger partial charge in [-0.25, -0.2) is 9.37 Å². The molecular weight excluding hydrogens is 277 g/mol. The first kappa shape index (κ1) is 12.9. The van der Waals surface area contributed by atoms with E-state index in [4.69, 9.17) is 17.3 Å². The van der Waals surface area contributed by atoms with Gasteiger partial charge < -0.3 is 10.3 Å². The van der Waals surface area contributed by atoms with E-state index in [1.165, 1.54) is 12.1 Å². The molecule has 0 saturated carbocycles. The van der Waals surface area contributed by atoms with Crippen LogP contribution in [0, 0.1) is 5.82 Å². The monoisotopic (exact) mass is 289 g/mol. The molecule has 1 heterocycles. The lowest BCUT2D eigenvalue weighted by Gasteiger charge is -2.08. The third-order valence-corrected chi connectivity index (χ3v) is 3.49. The van der Waals surface area contributed by atoms with Crippen LogP contribution in [0.4, 0.5) is 10.1 Å². The van der Waals surface area contributed by atoms with Crippen LogP contribution in [0.3, 0.4) is 0 Å². The van der Waals surface area contributed by atoms with E-state index in [0.29, 0.717) is 28.6 Å². The number of fused-ring (bicyclic) bond motifs is 1. The van der Waals surface area contributed by atoms with E-state index in [-0.39, 0.29) is 5.82 Å². The fourth-order valence-corrected chi connectivity index (χ4v) is 2.50. The van der Waals surface area contributed by atoms with Crippen LogP contribution in [0.5, 0.6) is 0 Å². The van der Waals surface area contributed by atoms with Gasteiger partial charge in [-0.05, 0) is 43.3 Å². The number of imidazole rings is 1. The molecule has 3 nitrogen and oxygen atoms in total. The molecule has 0 atom stereocenters. The molecule has 0 unspecified atom stereocenters. The Morgan fingerprint density at radius 1 is 1.25 bits per heavy atom. The van der Waals surface area contributed by atoms with Crippen LogP contribution in [0.15, 0.2) is 36.4 Å². The Bertz CT molecular complexity index is 795. The average molecular weight is 290 g/mol. The Morgan fingerprint density at radius 2 is 2.05 bits per heavy atom. The van der Waals surface area contributed by atoms with E-state index in [1.54, 1.807) is 12.1 Å². The predicted octanol–water partition coefficient (Wildman–Crippen LogP) is 4.10. The summed E-state index contributed by atoms with van der Waals surface area (Å²) in [4.78, 5) is 4.51. The summed E-state index contributed by atoms with van der Waals surface area (Å²) in [5.41, 5.74) is 8.33. The van der Waals surface area contributed by atoms with Crippen LogP contribution in [-0.4, -0.2) is 9.55 Å². The molecule has 0 spiro atoms. The van der Waals surface area contributed by atoms with Gasteiger partial charge in [0.05, 0.1) is 16.6 Å². The number of aromatic nitrogens is 2. The molecule has 20 heavy (non-hydrogen) atoms. The first-order valence-corrected chi connectivity index (χ1v) is 6.69. The zero-order valence-corrected chi connectivity index (χ0v) is 11.7. The quantitative estimate of drug-likeness (QED) is 0.722. The van der Waals surface area contributed by atoms with E-state index in [1.807, 2.05) is 23.6 Å². The van der Waals surface area contributed by atoms with E-state index in [2.05, 4.69) is 4.98 Å². The second-order valence-electron chi connectivity index (χ2n) is 4.55. The van der Waals surface area contributed by atoms with E-state index in [0.717, 1.165) is 11.0 Å². The molecule has 0 aliphatic rings. The highest BCUT2D eigenvalue weighted by molar-refractivity contribution is 6.31. The summed E-state index contributed by atoms with van der Waals surface area (Å²) in [6.45, 7) is 2.65. The summed E-state index contributed by atoms with van der Waals surface area (Å²) >= 11 is 6.02. The Morgan fingerprint density at radius 3 is 2.80 bits per heavy atom. The van der Waals surface area contributed by atoms with Gasteiger partial charge in [-0.1, -0.05) is 11.6 Å². The fourth-order valence-electron chi connectivity index (χ4n) is 2.34. The Hall–Kier alpha value is -2.07. The zero-order valence-electron chi connectivity index (χ0n) is 10.9. The number of nitrogens with zero attached hydrogens (tertiary/aromatic N) is 2. The highest BCUT2D eigenvalue weighted by atomic mass is 35.5. The summed E-state index contributed by atoms with van der Waals surface area (Å²) in [5.74, 6) is 0.227. The van der Waals surface area contributed by atoms with E-state index < -0.39 is 0 Å². The standard InChI is InChI=1S/C15H13ClFN3/c1-2-20-14-7-9(16)3-6-13(14)19-15(20)11-8-10(18)4-5-12(11)17/h3-8H,2,18H2,1H3. The van der Waals surface area contributed by atoms with Crippen LogP contribution in [0.2, 0.25) is 5.02 Å². The van der Waals surface area contributed by atoms with Gasteiger partial charge in [-0.15, -0.1) is 0 Å². The molecule has 5 heteroatoms. The third-order valence-electron chi connectivity index (χ3n) is 3.26. The molecule has 1 aromatic heterocycles. The summed E-state index contributed by atoms with van der Waals surface area (Å²) in [7, 11) is 0. The highest BCUT2D eigenvalue weighted by Gasteiger charge is 2.15. The van der Waals surface area contributed by atoms with Gasteiger partial charge in [0.1, 0.15) is 11.6 Å². The van der Waals surface area contributed by atoms with Crippen molar-refractivity contribution < 1.29 is 4.39 Å². The first-order valence-electron chi connectivity index (χ1n) is 6.31. The Kier molecular flexibility index (Phi) is 3.10. The van der Waals surface area contributed by atoms with Crippen LogP contribution < -0.4 is 5.73 Å². The number of rotatable bonds is 2. The van der Waals surface area contributed by atoms with Crippen LogP contribution in [-0.2, 0) is 6.54 Å². The van der Waals surface area contributed by atoms with Crippen molar-refractivity contribution in [1.82, 2.24) is 9.55 Å². The number of aryl methyl sites for hydroxylation is 1. The van der Waals surface area contributed by atoms with Gasteiger partial charge in [0, 0.05) is 17.3 Å². The maximum atomic E-state index is 14.0. The van der Waals surface area contributed by atoms with Crippen molar-refractivity contribution in [2.75, 3.05) is 5.73 Å². The number of hydrogen-bond donors (Lipinski definition) is 1. The van der Waals surface area contributed by atoms with Crippen molar-refractivity contribution in [3.63, 3.8) is 0 Å². The van der Waals surface area contributed by atoms with Gasteiger partial charge >= 0.3 is 0 Å². The zero-order chi connectivity index (χ0) is 14.3. The molecule has 2 N–H and O–H groups in total. The molecular formula is C15H13ClFN3. The summed E-state index contributed by atoms with van der Waals surface area (Å²) in [5, 5.41) is 0.631. The van der Waals surface area contributed by atoms with Crippen molar-refractivity contribution in [3.05, 3.63) is 47.2 Å². The second kappa shape index (κ2) is 4.80. The van der Waals surface area contributed by atoms with Gasteiger partial charge in [-0.3, -0.25) is 0 Å². The molecule has 0 radical (unpaired) electrons. The van der Waals surface area contributed by atoms with Crippen molar-refractivity contribution in [1.29, 1.82) is 0 Å². The van der Waals surface area contributed by atoms with Gasteiger partial charge in [0.15, 0.2) is 0 Å². The average Bonchev–Trinajstić information content (AvgIpc) is 2.79. The lowest BCUT2D eigenvalue weighted by Crippen LogP contribution is -2.00.